The van der Waals surface area contributed by atoms with Crippen LogP contribution in [-0.2, 0) is 18.8 Å². The van der Waals surface area contributed by atoms with Crippen LogP contribution in [0.4, 0.5) is 10.7 Å². The fraction of sp³-hybridized carbons (Fsp3) is 0.769. The van der Waals surface area contributed by atoms with Gasteiger partial charge >= 0.3 is 13.2 Å². The van der Waals surface area contributed by atoms with E-state index in [1.807, 2.05) is 32.6 Å². The van der Waals surface area contributed by atoms with E-state index in [1.54, 1.807) is 40.1 Å². The van der Waals surface area contributed by atoms with Gasteiger partial charge in [-0.05, 0) is 81.1 Å². The Bertz CT molecular complexity index is 976. The molecule has 0 aromatic carbocycles. The van der Waals surface area contributed by atoms with Crippen LogP contribution in [0.1, 0.15) is 81.1 Å². The zero-order valence-corrected chi connectivity index (χ0v) is 23.5. The van der Waals surface area contributed by atoms with E-state index in [2.05, 4.69) is 20.2 Å². The molecule has 3 heterocycles. The van der Waals surface area contributed by atoms with Gasteiger partial charge in [0, 0.05) is 43.0 Å². The normalized spacial score (nSPS) is 23.6. The number of carbonyl (C=O) groups is 2. The molecule has 1 saturated carbocycles. The fourth-order valence-electron chi connectivity index (χ4n) is 4.70. The molecule has 10 nitrogen and oxygen atoms in total. The number of hydrogen-bond donors (Lipinski definition) is 1. The Kier molecular flexibility index (Phi) is 7.51. The number of anilines is 1. The molecule has 204 valence electrons. The van der Waals surface area contributed by atoms with Gasteiger partial charge in [-0.25, -0.2) is 14.8 Å². The molecular weight excluding hydrogens is 473 g/mol. The third kappa shape index (κ3) is 6.37. The minimum Gasteiger partial charge on any atom is -0.444 e. The molecule has 0 radical (unpaired) electrons. The number of nitrogens with one attached hydrogen (secondary N) is 1. The van der Waals surface area contributed by atoms with Gasteiger partial charge in [-0.3, -0.25) is 4.79 Å². The van der Waals surface area contributed by atoms with E-state index in [9.17, 15) is 9.59 Å². The third-order valence-corrected chi connectivity index (χ3v) is 7.60. The standard InChI is InChI=1S/C26H42BN5O5/c1-17(30-23(34)35-24(2,3)4)21(33)31-13-9-10-20(31)16-32(19-11-12-19)22-28-14-18(15-29-22)27-36-25(5,6)26(7,8)37-27/h14-15,17,19-20H,9-13,16H2,1-8H3,(H,30,34)/t17-,20+/m0/s1. The van der Waals surface area contributed by atoms with Crippen LogP contribution in [0.5, 0.6) is 0 Å². The first-order valence-corrected chi connectivity index (χ1v) is 13.4. The van der Waals surface area contributed by atoms with Crippen LogP contribution in [0.25, 0.3) is 0 Å². The molecule has 1 aromatic rings. The van der Waals surface area contributed by atoms with Crippen LogP contribution >= 0.6 is 0 Å². The molecule has 2 amide bonds. The quantitative estimate of drug-likeness (QED) is 0.553. The van der Waals surface area contributed by atoms with E-state index in [1.165, 1.54) is 0 Å². The molecule has 3 fully saturated rings. The highest BCUT2D eigenvalue weighted by Crippen LogP contribution is 2.36. The second-order valence-corrected chi connectivity index (χ2v) is 12.5. The number of amides is 2. The highest BCUT2D eigenvalue weighted by molar-refractivity contribution is 6.61. The first kappa shape index (κ1) is 27.6. The molecule has 0 unspecified atom stereocenters. The van der Waals surface area contributed by atoms with Crippen molar-refractivity contribution in [2.45, 2.75) is 116 Å². The molecular formula is C26H42BN5O5. The van der Waals surface area contributed by atoms with Gasteiger partial charge in [-0.2, -0.15) is 0 Å². The van der Waals surface area contributed by atoms with Crippen LogP contribution in [0.15, 0.2) is 12.4 Å². The Balaban J connectivity index is 1.40. The predicted molar refractivity (Wildman–Crippen MR) is 142 cm³/mol. The summed E-state index contributed by atoms with van der Waals surface area (Å²) >= 11 is 0. The van der Waals surface area contributed by atoms with Crippen molar-refractivity contribution in [3.63, 3.8) is 0 Å². The predicted octanol–water partition coefficient (Wildman–Crippen LogP) is 2.65. The lowest BCUT2D eigenvalue weighted by atomic mass is 9.81. The average Bonchev–Trinajstić information content (AvgIpc) is 3.47. The molecule has 0 bridgehead atoms. The smallest absolute Gasteiger partial charge is 0.444 e. The molecule has 2 saturated heterocycles. The highest BCUT2D eigenvalue weighted by Gasteiger charge is 2.52. The van der Waals surface area contributed by atoms with E-state index in [0.717, 1.165) is 31.1 Å². The minimum absolute atomic E-state index is 0.0300. The van der Waals surface area contributed by atoms with E-state index < -0.39 is 36.1 Å². The van der Waals surface area contributed by atoms with E-state index in [4.69, 9.17) is 14.0 Å². The van der Waals surface area contributed by atoms with Gasteiger partial charge < -0.3 is 29.2 Å². The zero-order chi connectivity index (χ0) is 27.2. The summed E-state index contributed by atoms with van der Waals surface area (Å²) in [5.41, 5.74) is -0.682. The largest absolute Gasteiger partial charge is 0.498 e. The van der Waals surface area contributed by atoms with Crippen LogP contribution in [0, 0.1) is 0 Å². The van der Waals surface area contributed by atoms with Crippen molar-refractivity contribution < 1.29 is 23.6 Å². The Morgan fingerprint density at radius 1 is 1.16 bits per heavy atom. The fourth-order valence-corrected chi connectivity index (χ4v) is 4.70. The SMILES string of the molecule is C[C@H](NC(=O)OC(C)(C)C)C(=O)N1CCC[C@@H]1CN(c1ncc(B2OC(C)(C)C(C)(C)O2)cn1)C1CC1. The zero-order valence-electron chi connectivity index (χ0n) is 23.5. The molecule has 2 atom stereocenters. The number of nitrogens with zero attached hydrogens (tertiary/aromatic N) is 4. The maximum Gasteiger partial charge on any atom is 0.498 e. The lowest BCUT2D eigenvalue weighted by Gasteiger charge is -2.32. The van der Waals surface area contributed by atoms with E-state index in [-0.39, 0.29) is 11.9 Å². The number of carbonyl (C=O) groups excluding carboxylic acids is 2. The van der Waals surface area contributed by atoms with Gasteiger partial charge in [0.15, 0.2) is 0 Å². The minimum atomic E-state index is -0.666. The van der Waals surface area contributed by atoms with Crippen LogP contribution < -0.4 is 15.7 Å². The molecule has 3 aliphatic rings. The van der Waals surface area contributed by atoms with Crippen molar-refractivity contribution in [2.24, 2.45) is 0 Å². The lowest BCUT2D eigenvalue weighted by molar-refractivity contribution is -0.133. The molecule has 2 aliphatic heterocycles. The number of rotatable bonds is 7. The third-order valence-electron chi connectivity index (χ3n) is 7.60. The number of alkyl carbamates (subject to hydrolysis) is 1. The summed E-state index contributed by atoms with van der Waals surface area (Å²) < 4.78 is 17.6. The summed E-state index contributed by atoms with van der Waals surface area (Å²) in [7, 11) is -0.504. The van der Waals surface area contributed by atoms with Crippen LogP contribution in [0.2, 0.25) is 0 Å². The first-order valence-electron chi connectivity index (χ1n) is 13.4. The number of hydrogen-bond acceptors (Lipinski definition) is 8. The summed E-state index contributed by atoms with van der Waals surface area (Å²) in [5, 5.41) is 2.68. The number of ether oxygens (including phenoxy) is 1. The van der Waals surface area contributed by atoms with Gasteiger partial charge in [0.2, 0.25) is 11.9 Å². The Labute approximate surface area is 221 Å². The molecule has 1 N–H and O–H groups in total. The molecule has 1 aliphatic carbocycles. The topological polar surface area (TPSA) is 106 Å². The van der Waals surface area contributed by atoms with Crippen LogP contribution in [-0.4, -0.2) is 82.0 Å². The van der Waals surface area contributed by atoms with Crippen molar-refractivity contribution >= 4 is 30.5 Å². The van der Waals surface area contributed by atoms with Gasteiger partial charge in [-0.1, -0.05) is 0 Å². The van der Waals surface area contributed by atoms with E-state index in [0.29, 0.717) is 25.1 Å². The van der Waals surface area contributed by atoms with Gasteiger partial charge in [0.25, 0.3) is 0 Å². The van der Waals surface area contributed by atoms with Gasteiger partial charge in [0.05, 0.1) is 11.2 Å². The molecule has 11 heteroatoms. The Hall–Kier alpha value is -2.40. The second kappa shape index (κ2) is 10.1. The van der Waals surface area contributed by atoms with Gasteiger partial charge in [0.1, 0.15) is 11.6 Å². The van der Waals surface area contributed by atoms with Crippen LogP contribution in [0.3, 0.4) is 0 Å². The second-order valence-electron chi connectivity index (χ2n) is 12.5. The number of aromatic nitrogens is 2. The summed E-state index contributed by atoms with van der Waals surface area (Å²) in [6.07, 6.45) is 6.98. The maximum absolute atomic E-state index is 13.2. The highest BCUT2D eigenvalue weighted by atomic mass is 16.7. The molecule has 1 aromatic heterocycles. The Morgan fingerprint density at radius 2 is 1.76 bits per heavy atom. The van der Waals surface area contributed by atoms with Crippen molar-refractivity contribution in [1.82, 2.24) is 20.2 Å². The summed E-state index contributed by atoms with van der Waals surface area (Å²) in [6.45, 7) is 16.5. The number of likely N-dealkylation sites (tertiary alicyclic amines) is 1. The summed E-state index contributed by atoms with van der Waals surface area (Å²) in [4.78, 5) is 38.9. The maximum atomic E-state index is 13.2. The Morgan fingerprint density at radius 3 is 2.30 bits per heavy atom. The summed E-state index contributed by atoms with van der Waals surface area (Å²) in [5.74, 6) is 0.558. The van der Waals surface area contributed by atoms with Gasteiger partial charge in [-0.15, -0.1) is 0 Å². The van der Waals surface area contributed by atoms with Crippen molar-refractivity contribution in [3.8, 4) is 0 Å². The van der Waals surface area contributed by atoms with Crippen molar-refractivity contribution in [2.75, 3.05) is 18.0 Å². The summed E-state index contributed by atoms with van der Waals surface area (Å²) in [6, 6.07) is -0.264. The average molecular weight is 515 g/mol. The molecule has 0 spiro atoms. The van der Waals surface area contributed by atoms with E-state index >= 15 is 0 Å². The molecule has 4 rings (SSSR count). The monoisotopic (exact) mass is 515 g/mol. The first-order chi connectivity index (χ1) is 17.2. The van der Waals surface area contributed by atoms with Crippen molar-refractivity contribution in [3.05, 3.63) is 12.4 Å². The van der Waals surface area contributed by atoms with Crippen molar-refractivity contribution in [1.29, 1.82) is 0 Å². The lowest BCUT2D eigenvalue weighted by Crippen LogP contribution is -2.52. The molecule has 37 heavy (non-hydrogen) atoms.